The van der Waals surface area contributed by atoms with E-state index in [0.29, 0.717) is 17.4 Å². The number of aromatic nitrogens is 4. The van der Waals surface area contributed by atoms with Crippen LogP contribution in [0.25, 0.3) is 5.65 Å². The molecule has 0 aliphatic carbocycles. The van der Waals surface area contributed by atoms with Crippen LogP contribution in [-0.4, -0.2) is 39.9 Å². The molecular weight excluding hydrogens is 220 g/mol. The van der Waals surface area contributed by atoms with Crippen LogP contribution in [-0.2, 0) is 0 Å². The predicted molar refractivity (Wildman–Crippen MR) is 65.2 cm³/mol. The molecule has 2 heterocycles. The smallest absolute Gasteiger partial charge is 0.364 e. The maximum absolute atomic E-state index is 11.3. The number of H-pyrrole nitrogens is 1. The fraction of sp³-hybridized carbons (Fsp3) is 0.500. The maximum atomic E-state index is 11.3. The van der Waals surface area contributed by atoms with E-state index in [2.05, 4.69) is 32.9 Å². The Morgan fingerprint density at radius 3 is 3.06 bits per heavy atom. The SMILES string of the molecule is CNCC(C)CNc1ccc2n[nH]c(=O)n2n1. The standard InChI is InChI=1S/C10H16N6O/c1-7(5-11-2)6-12-8-3-4-9-13-14-10(17)16(9)15-8/h3-4,7,11H,5-6H2,1-2H3,(H,12,15)(H,14,17). The minimum absolute atomic E-state index is 0.327. The van der Waals surface area contributed by atoms with Crippen molar-refractivity contribution in [3.63, 3.8) is 0 Å². The van der Waals surface area contributed by atoms with Gasteiger partial charge >= 0.3 is 5.69 Å². The number of fused-ring (bicyclic) bond motifs is 1. The van der Waals surface area contributed by atoms with Gasteiger partial charge in [0, 0.05) is 6.54 Å². The van der Waals surface area contributed by atoms with Gasteiger partial charge < -0.3 is 10.6 Å². The van der Waals surface area contributed by atoms with Crippen LogP contribution in [0.15, 0.2) is 16.9 Å². The molecule has 7 nitrogen and oxygen atoms in total. The first-order valence-corrected chi connectivity index (χ1v) is 5.53. The van der Waals surface area contributed by atoms with Crippen LogP contribution in [0.4, 0.5) is 5.82 Å². The second-order valence-electron chi connectivity index (χ2n) is 4.06. The fourth-order valence-electron chi connectivity index (χ4n) is 1.60. The first kappa shape index (κ1) is 11.6. The molecule has 92 valence electrons. The highest BCUT2D eigenvalue weighted by Gasteiger charge is 2.04. The lowest BCUT2D eigenvalue weighted by Crippen LogP contribution is -2.23. The van der Waals surface area contributed by atoms with E-state index in [4.69, 9.17) is 0 Å². The summed E-state index contributed by atoms with van der Waals surface area (Å²) in [4.78, 5) is 11.3. The highest BCUT2D eigenvalue weighted by atomic mass is 16.2. The zero-order valence-corrected chi connectivity index (χ0v) is 9.90. The van der Waals surface area contributed by atoms with E-state index < -0.39 is 0 Å². The molecule has 0 fully saturated rings. The Balaban J connectivity index is 2.08. The molecular formula is C10H16N6O. The summed E-state index contributed by atoms with van der Waals surface area (Å²) in [5, 5.41) is 16.6. The summed E-state index contributed by atoms with van der Waals surface area (Å²) >= 11 is 0. The average molecular weight is 236 g/mol. The van der Waals surface area contributed by atoms with Gasteiger partial charge in [-0.1, -0.05) is 6.92 Å². The first-order chi connectivity index (χ1) is 8.20. The monoisotopic (exact) mass is 236 g/mol. The molecule has 0 bridgehead atoms. The molecule has 1 unspecified atom stereocenters. The third kappa shape index (κ3) is 2.62. The number of nitrogens with zero attached hydrogens (tertiary/aromatic N) is 3. The van der Waals surface area contributed by atoms with Gasteiger partial charge in [0.2, 0.25) is 0 Å². The molecule has 7 heteroatoms. The summed E-state index contributed by atoms with van der Waals surface area (Å²) in [6.07, 6.45) is 0. The van der Waals surface area contributed by atoms with Crippen LogP contribution >= 0.6 is 0 Å². The van der Waals surface area contributed by atoms with Gasteiger partial charge in [0.05, 0.1) is 0 Å². The number of hydrogen-bond donors (Lipinski definition) is 3. The Bertz CT molecular complexity index is 545. The number of nitrogens with one attached hydrogen (secondary N) is 3. The van der Waals surface area contributed by atoms with Crippen LogP contribution in [0.3, 0.4) is 0 Å². The van der Waals surface area contributed by atoms with Crippen LogP contribution in [0.2, 0.25) is 0 Å². The second kappa shape index (κ2) is 4.96. The van der Waals surface area contributed by atoms with Crippen molar-refractivity contribution in [1.82, 2.24) is 25.1 Å². The Kier molecular flexibility index (Phi) is 3.38. The summed E-state index contributed by atoms with van der Waals surface area (Å²) in [5.41, 5.74) is 0.191. The molecule has 17 heavy (non-hydrogen) atoms. The van der Waals surface area contributed by atoms with Crippen molar-refractivity contribution < 1.29 is 0 Å². The van der Waals surface area contributed by atoms with E-state index in [1.54, 1.807) is 6.07 Å². The van der Waals surface area contributed by atoms with Gasteiger partial charge in [0.1, 0.15) is 5.82 Å². The van der Waals surface area contributed by atoms with Crippen LogP contribution in [0, 0.1) is 5.92 Å². The second-order valence-corrected chi connectivity index (χ2v) is 4.06. The quantitative estimate of drug-likeness (QED) is 0.662. The molecule has 3 N–H and O–H groups in total. The molecule has 2 aromatic rings. The molecule has 2 aromatic heterocycles. The topological polar surface area (TPSA) is 87.1 Å². The lowest BCUT2D eigenvalue weighted by atomic mass is 10.2. The van der Waals surface area contributed by atoms with Gasteiger partial charge in [-0.3, -0.25) is 0 Å². The highest BCUT2D eigenvalue weighted by molar-refractivity contribution is 5.42. The largest absolute Gasteiger partial charge is 0.368 e. The minimum atomic E-state index is -0.327. The zero-order valence-electron chi connectivity index (χ0n) is 9.90. The third-order valence-corrected chi connectivity index (χ3v) is 2.46. The Morgan fingerprint density at radius 2 is 2.29 bits per heavy atom. The summed E-state index contributed by atoms with van der Waals surface area (Å²) in [6.45, 7) is 3.86. The molecule has 0 aliphatic rings. The van der Waals surface area contributed by atoms with E-state index in [0.717, 1.165) is 13.1 Å². The Labute approximate surface area is 98.2 Å². The maximum Gasteiger partial charge on any atom is 0.364 e. The van der Waals surface area contributed by atoms with Crippen LogP contribution in [0.1, 0.15) is 6.92 Å². The molecule has 1 atom stereocenters. The van der Waals surface area contributed by atoms with Crippen LogP contribution < -0.4 is 16.3 Å². The number of aromatic amines is 1. The van der Waals surface area contributed by atoms with Gasteiger partial charge in [-0.05, 0) is 31.6 Å². The van der Waals surface area contributed by atoms with Crippen molar-refractivity contribution in [2.24, 2.45) is 5.92 Å². The highest BCUT2D eigenvalue weighted by Crippen LogP contribution is 2.04. The van der Waals surface area contributed by atoms with E-state index in [1.807, 2.05) is 13.1 Å². The third-order valence-electron chi connectivity index (χ3n) is 2.46. The fourth-order valence-corrected chi connectivity index (χ4v) is 1.60. The van der Waals surface area contributed by atoms with E-state index in [9.17, 15) is 4.79 Å². The van der Waals surface area contributed by atoms with Gasteiger partial charge in [0.15, 0.2) is 5.65 Å². The summed E-state index contributed by atoms with van der Waals surface area (Å²) in [6, 6.07) is 3.55. The van der Waals surface area contributed by atoms with E-state index in [-0.39, 0.29) is 5.69 Å². The normalized spacial score (nSPS) is 12.8. The lowest BCUT2D eigenvalue weighted by Gasteiger charge is -2.11. The van der Waals surface area contributed by atoms with Crippen molar-refractivity contribution in [3.8, 4) is 0 Å². The number of hydrogen-bond acceptors (Lipinski definition) is 5. The number of rotatable bonds is 5. The zero-order chi connectivity index (χ0) is 12.3. The Morgan fingerprint density at radius 1 is 1.47 bits per heavy atom. The Hall–Kier alpha value is -1.89. The summed E-state index contributed by atoms with van der Waals surface area (Å²) < 4.78 is 1.24. The van der Waals surface area contributed by atoms with Crippen molar-refractivity contribution in [2.75, 3.05) is 25.5 Å². The molecule has 0 amide bonds. The van der Waals surface area contributed by atoms with E-state index in [1.165, 1.54) is 4.52 Å². The van der Waals surface area contributed by atoms with Gasteiger partial charge in [-0.2, -0.15) is 9.61 Å². The lowest BCUT2D eigenvalue weighted by molar-refractivity contribution is 0.568. The van der Waals surface area contributed by atoms with Crippen molar-refractivity contribution >= 4 is 11.5 Å². The predicted octanol–water partition coefficient (Wildman–Crippen LogP) is -0.315. The van der Waals surface area contributed by atoms with Crippen molar-refractivity contribution in [3.05, 3.63) is 22.6 Å². The summed E-state index contributed by atoms with van der Waals surface area (Å²) in [7, 11) is 1.92. The molecule has 0 saturated heterocycles. The molecule has 2 rings (SSSR count). The first-order valence-electron chi connectivity index (χ1n) is 5.53. The van der Waals surface area contributed by atoms with Gasteiger partial charge in [-0.25, -0.2) is 9.89 Å². The van der Waals surface area contributed by atoms with Crippen molar-refractivity contribution in [2.45, 2.75) is 6.92 Å². The average Bonchev–Trinajstić information content (AvgIpc) is 2.69. The van der Waals surface area contributed by atoms with Crippen molar-refractivity contribution in [1.29, 1.82) is 0 Å². The van der Waals surface area contributed by atoms with Crippen LogP contribution in [0.5, 0.6) is 0 Å². The summed E-state index contributed by atoms with van der Waals surface area (Å²) in [5.74, 6) is 1.16. The van der Waals surface area contributed by atoms with Gasteiger partial charge in [-0.15, -0.1) is 5.10 Å². The number of anilines is 1. The molecule has 0 radical (unpaired) electrons. The molecule has 0 aromatic carbocycles. The van der Waals surface area contributed by atoms with Gasteiger partial charge in [0.25, 0.3) is 0 Å². The molecule has 0 spiro atoms. The minimum Gasteiger partial charge on any atom is -0.368 e. The van der Waals surface area contributed by atoms with E-state index >= 15 is 0 Å². The molecule has 0 saturated carbocycles. The molecule has 0 aliphatic heterocycles.